The Morgan fingerprint density at radius 2 is 2.04 bits per heavy atom. The highest BCUT2D eigenvalue weighted by molar-refractivity contribution is 9.10. The number of carboxylic acids is 1. The van der Waals surface area contributed by atoms with Crippen molar-refractivity contribution >= 4 is 27.6 Å². The van der Waals surface area contributed by atoms with Crippen molar-refractivity contribution in [3.05, 3.63) is 63.1 Å². The molecule has 1 aliphatic heterocycles. The van der Waals surface area contributed by atoms with Gasteiger partial charge in [0.15, 0.2) is 11.5 Å². The predicted octanol–water partition coefficient (Wildman–Crippen LogP) is 5.30. The number of aryl methyl sites for hydroxylation is 1. The topological polar surface area (TPSA) is 67.8 Å². The molecular formula is C22H22BrNO4. The van der Waals surface area contributed by atoms with Gasteiger partial charge in [-0.1, -0.05) is 18.2 Å². The summed E-state index contributed by atoms with van der Waals surface area (Å²) in [7, 11) is 3.24. The zero-order chi connectivity index (χ0) is 20.0. The second-order valence-corrected chi connectivity index (χ2v) is 8.09. The van der Waals surface area contributed by atoms with E-state index >= 15 is 0 Å². The van der Waals surface area contributed by atoms with Gasteiger partial charge in [-0.25, -0.2) is 4.79 Å². The molecule has 1 heterocycles. The fraction of sp³-hybridized carbons (Fsp3) is 0.318. The summed E-state index contributed by atoms with van der Waals surface area (Å²) in [6, 6.07) is 7.67. The number of allylic oxidation sites excluding steroid dienone is 2. The van der Waals surface area contributed by atoms with Gasteiger partial charge in [-0.05, 0) is 70.1 Å². The Morgan fingerprint density at radius 3 is 2.71 bits per heavy atom. The highest BCUT2D eigenvalue weighted by Gasteiger charge is 2.41. The van der Waals surface area contributed by atoms with Gasteiger partial charge in [0.1, 0.15) is 0 Å². The predicted molar refractivity (Wildman–Crippen MR) is 112 cm³/mol. The van der Waals surface area contributed by atoms with Crippen LogP contribution in [0, 0.1) is 12.8 Å². The average molecular weight is 444 g/mol. The van der Waals surface area contributed by atoms with Crippen LogP contribution in [0.5, 0.6) is 11.5 Å². The third-order valence-corrected chi connectivity index (χ3v) is 6.36. The molecule has 146 valence electrons. The Bertz CT molecular complexity index is 985. The Kier molecular flexibility index (Phi) is 4.83. The molecule has 2 aromatic carbocycles. The van der Waals surface area contributed by atoms with Gasteiger partial charge in [0.25, 0.3) is 0 Å². The summed E-state index contributed by atoms with van der Waals surface area (Å²) in [4.78, 5) is 11.8. The summed E-state index contributed by atoms with van der Waals surface area (Å²) in [6.07, 6.45) is 5.20. The molecule has 0 amide bonds. The zero-order valence-electron chi connectivity index (χ0n) is 16.0. The van der Waals surface area contributed by atoms with Crippen LogP contribution in [0.25, 0.3) is 0 Å². The molecule has 0 unspecified atom stereocenters. The molecule has 0 fully saturated rings. The van der Waals surface area contributed by atoms with Crippen LogP contribution in [0.3, 0.4) is 0 Å². The van der Waals surface area contributed by atoms with E-state index in [9.17, 15) is 9.90 Å². The van der Waals surface area contributed by atoms with Crippen molar-refractivity contribution in [3.8, 4) is 11.5 Å². The van der Waals surface area contributed by atoms with Gasteiger partial charge in [0.05, 0.1) is 30.3 Å². The largest absolute Gasteiger partial charge is 0.493 e. The summed E-state index contributed by atoms with van der Waals surface area (Å²) >= 11 is 3.59. The minimum atomic E-state index is -0.885. The fourth-order valence-corrected chi connectivity index (χ4v) is 5.11. The van der Waals surface area contributed by atoms with E-state index < -0.39 is 5.97 Å². The van der Waals surface area contributed by atoms with Crippen molar-refractivity contribution in [2.45, 2.75) is 25.3 Å². The smallest absolute Gasteiger partial charge is 0.336 e. The minimum absolute atomic E-state index is 0.0337. The quantitative estimate of drug-likeness (QED) is 0.627. The molecule has 28 heavy (non-hydrogen) atoms. The summed E-state index contributed by atoms with van der Waals surface area (Å²) in [5, 5.41) is 13.4. The van der Waals surface area contributed by atoms with Crippen molar-refractivity contribution in [2.24, 2.45) is 5.92 Å². The summed E-state index contributed by atoms with van der Waals surface area (Å²) in [5.74, 6) is 0.742. The van der Waals surface area contributed by atoms with Crippen molar-refractivity contribution in [1.29, 1.82) is 0 Å². The Labute approximate surface area is 172 Å². The van der Waals surface area contributed by atoms with E-state index in [0.717, 1.165) is 33.3 Å². The van der Waals surface area contributed by atoms with Gasteiger partial charge >= 0.3 is 5.97 Å². The van der Waals surface area contributed by atoms with Crippen molar-refractivity contribution in [3.63, 3.8) is 0 Å². The van der Waals surface area contributed by atoms with Gasteiger partial charge in [0.2, 0.25) is 0 Å². The van der Waals surface area contributed by atoms with E-state index in [1.54, 1.807) is 20.3 Å². The molecule has 1 aliphatic carbocycles. The van der Waals surface area contributed by atoms with E-state index in [1.165, 1.54) is 0 Å². The molecule has 5 nitrogen and oxygen atoms in total. The molecular weight excluding hydrogens is 422 g/mol. The number of methoxy groups -OCH3 is 2. The number of halogens is 1. The van der Waals surface area contributed by atoms with Crippen molar-refractivity contribution in [2.75, 3.05) is 19.5 Å². The molecule has 2 N–H and O–H groups in total. The number of rotatable bonds is 4. The highest BCUT2D eigenvalue weighted by Crippen LogP contribution is 2.53. The second kappa shape index (κ2) is 7.17. The van der Waals surface area contributed by atoms with Gasteiger partial charge < -0.3 is 19.9 Å². The lowest BCUT2D eigenvalue weighted by Crippen LogP contribution is -2.31. The number of nitrogens with one attached hydrogen (secondary N) is 1. The summed E-state index contributed by atoms with van der Waals surface area (Å²) in [5.41, 5.74) is 4.31. The van der Waals surface area contributed by atoms with E-state index in [1.807, 2.05) is 19.1 Å². The third-order valence-electron chi connectivity index (χ3n) is 5.77. The van der Waals surface area contributed by atoms with E-state index in [-0.39, 0.29) is 17.9 Å². The first-order chi connectivity index (χ1) is 13.5. The minimum Gasteiger partial charge on any atom is -0.493 e. The van der Waals surface area contributed by atoms with Gasteiger partial charge in [-0.2, -0.15) is 0 Å². The first-order valence-corrected chi connectivity index (χ1v) is 9.97. The first-order valence-electron chi connectivity index (χ1n) is 9.17. The van der Waals surface area contributed by atoms with Crippen LogP contribution in [0.15, 0.2) is 40.9 Å². The van der Waals surface area contributed by atoms with Crippen molar-refractivity contribution < 1.29 is 19.4 Å². The van der Waals surface area contributed by atoms with Gasteiger partial charge in [-0.15, -0.1) is 0 Å². The maximum Gasteiger partial charge on any atom is 0.336 e. The molecule has 0 saturated heterocycles. The number of hydrogen-bond donors (Lipinski definition) is 2. The van der Waals surface area contributed by atoms with Crippen LogP contribution in [0.2, 0.25) is 0 Å². The molecule has 3 atom stereocenters. The number of carbonyl (C=O) groups is 1. The average Bonchev–Trinajstić information content (AvgIpc) is 3.16. The maximum absolute atomic E-state index is 11.8. The molecule has 4 rings (SSSR count). The van der Waals surface area contributed by atoms with Crippen LogP contribution in [0.1, 0.15) is 45.4 Å². The van der Waals surface area contributed by atoms with Crippen LogP contribution in [-0.2, 0) is 0 Å². The summed E-state index contributed by atoms with van der Waals surface area (Å²) in [6.45, 7) is 2.01. The Balaban J connectivity index is 1.86. The van der Waals surface area contributed by atoms with Gasteiger partial charge in [0, 0.05) is 11.6 Å². The number of anilines is 1. The number of hydrogen-bond acceptors (Lipinski definition) is 4. The lowest BCUT2D eigenvalue weighted by Gasteiger charge is -2.39. The monoisotopic (exact) mass is 443 g/mol. The van der Waals surface area contributed by atoms with Crippen LogP contribution >= 0.6 is 15.9 Å². The summed E-state index contributed by atoms with van der Waals surface area (Å²) < 4.78 is 11.8. The molecule has 2 aliphatic rings. The van der Waals surface area contributed by atoms with Crippen molar-refractivity contribution in [1.82, 2.24) is 0 Å². The van der Waals surface area contributed by atoms with Crippen LogP contribution in [0.4, 0.5) is 5.69 Å². The number of benzene rings is 2. The Hall–Kier alpha value is -2.47. The SMILES string of the molecule is COc1cc([C@@H]2Nc3c(C)ccc(C(=O)O)c3[C@@H]3C=CC[C@H]32)cc(Br)c1OC. The molecule has 0 aromatic heterocycles. The van der Waals surface area contributed by atoms with E-state index in [4.69, 9.17) is 9.47 Å². The number of aromatic carboxylic acids is 1. The maximum atomic E-state index is 11.8. The molecule has 6 heteroatoms. The normalized spacial score (nSPS) is 22.2. The Morgan fingerprint density at radius 1 is 1.25 bits per heavy atom. The number of ether oxygens (including phenoxy) is 2. The van der Waals surface area contributed by atoms with Crippen LogP contribution in [-0.4, -0.2) is 25.3 Å². The van der Waals surface area contributed by atoms with E-state index in [2.05, 4.69) is 39.5 Å². The molecule has 0 radical (unpaired) electrons. The molecule has 0 spiro atoms. The van der Waals surface area contributed by atoms with Crippen LogP contribution < -0.4 is 14.8 Å². The molecule has 0 bridgehead atoms. The fourth-order valence-electron chi connectivity index (χ4n) is 4.49. The highest BCUT2D eigenvalue weighted by atomic mass is 79.9. The molecule has 2 aromatic rings. The molecule has 0 saturated carbocycles. The third kappa shape index (κ3) is 2.87. The zero-order valence-corrected chi connectivity index (χ0v) is 17.5. The second-order valence-electron chi connectivity index (χ2n) is 7.24. The lowest BCUT2D eigenvalue weighted by molar-refractivity contribution is 0.0695. The van der Waals surface area contributed by atoms with Gasteiger partial charge in [-0.3, -0.25) is 0 Å². The standard InChI is InChI=1S/C22H22BrNO4/c1-11-7-8-15(22(25)26)18-13-5-4-6-14(13)20(24-19(11)18)12-9-16(23)21(28-3)17(10-12)27-2/h4-5,7-10,13-14,20,24H,6H2,1-3H3,(H,25,26)/t13-,14-,20+/m1/s1. The number of fused-ring (bicyclic) bond motifs is 3. The first kappa shape index (κ1) is 18.9. The lowest BCUT2D eigenvalue weighted by atomic mass is 9.74. The van der Waals surface area contributed by atoms with E-state index in [0.29, 0.717) is 17.1 Å². The number of carboxylic acid groups (broad SMARTS) is 1.